The molecule has 0 aromatic heterocycles. The Morgan fingerprint density at radius 3 is 2.39 bits per heavy atom. The molecular weight excluding hydrogens is 288 g/mol. The summed E-state index contributed by atoms with van der Waals surface area (Å²) in [5.41, 5.74) is 7.80. The van der Waals surface area contributed by atoms with Crippen molar-refractivity contribution in [3.05, 3.63) is 71.8 Å². The molecule has 0 amide bonds. The molecule has 1 fully saturated rings. The van der Waals surface area contributed by atoms with Crippen molar-refractivity contribution in [2.75, 3.05) is 20.2 Å². The normalized spacial score (nSPS) is 24.5. The van der Waals surface area contributed by atoms with Gasteiger partial charge in [0.15, 0.2) is 0 Å². The van der Waals surface area contributed by atoms with Crippen LogP contribution in [0.4, 0.5) is 0 Å². The average molecular weight is 310 g/mol. The molecule has 23 heavy (non-hydrogen) atoms. The molecule has 120 valence electrons. The van der Waals surface area contributed by atoms with Crippen LogP contribution in [0.5, 0.6) is 0 Å². The number of nitrogens with zero attached hydrogens (tertiary/aromatic N) is 1. The molecule has 2 aromatic rings. The van der Waals surface area contributed by atoms with Crippen LogP contribution in [0.2, 0.25) is 0 Å². The molecule has 0 saturated carbocycles. The molecule has 1 heterocycles. The predicted molar refractivity (Wildman–Crippen MR) is 89.8 cm³/mol. The molecule has 2 N–H and O–H groups in total. The molecule has 1 aliphatic heterocycles. The van der Waals surface area contributed by atoms with Crippen molar-refractivity contribution in [2.24, 2.45) is 5.73 Å². The monoisotopic (exact) mass is 310 g/mol. The molecular formula is C19H22N2O2. The van der Waals surface area contributed by atoms with Crippen molar-refractivity contribution in [1.82, 2.24) is 4.90 Å². The summed E-state index contributed by atoms with van der Waals surface area (Å²) in [5.74, 6) is -0.415. The molecule has 3 rings (SSSR count). The number of methoxy groups -OCH3 is 1. The third kappa shape index (κ3) is 3.14. The average Bonchev–Trinajstić information content (AvgIpc) is 2.93. The summed E-state index contributed by atoms with van der Waals surface area (Å²) >= 11 is 0. The van der Waals surface area contributed by atoms with Crippen LogP contribution in [0.1, 0.15) is 17.0 Å². The summed E-state index contributed by atoms with van der Waals surface area (Å²) in [5, 5.41) is 0. The maximum absolute atomic E-state index is 12.3. The quantitative estimate of drug-likeness (QED) is 0.879. The molecule has 2 aromatic carbocycles. The van der Waals surface area contributed by atoms with E-state index in [9.17, 15) is 4.79 Å². The summed E-state index contributed by atoms with van der Waals surface area (Å²) in [4.78, 5) is 14.6. The van der Waals surface area contributed by atoms with Crippen LogP contribution in [0.15, 0.2) is 60.7 Å². The maximum atomic E-state index is 12.3. The van der Waals surface area contributed by atoms with Gasteiger partial charge in [-0.25, -0.2) is 4.79 Å². The van der Waals surface area contributed by atoms with Crippen LogP contribution in [-0.2, 0) is 16.1 Å². The first-order valence-electron chi connectivity index (χ1n) is 7.82. The topological polar surface area (TPSA) is 55.6 Å². The molecule has 1 saturated heterocycles. The van der Waals surface area contributed by atoms with Gasteiger partial charge >= 0.3 is 5.97 Å². The summed E-state index contributed by atoms with van der Waals surface area (Å²) < 4.78 is 5.00. The fourth-order valence-electron chi connectivity index (χ4n) is 3.41. The van der Waals surface area contributed by atoms with E-state index in [1.807, 2.05) is 48.5 Å². The highest BCUT2D eigenvalue weighted by Gasteiger charge is 2.50. The number of hydrogen-bond acceptors (Lipinski definition) is 4. The van der Waals surface area contributed by atoms with E-state index < -0.39 is 5.54 Å². The third-order valence-electron chi connectivity index (χ3n) is 4.56. The Bertz CT molecular complexity index is 660. The lowest BCUT2D eigenvalue weighted by Crippen LogP contribution is -2.54. The zero-order chi connectivity index (χ0) is 16.3. The highest BCUT2D eigenvalue weighted by molar-refractivity contribution is 5.83. The van der Waals surface area contributed by atoms with Gasteiger partial charge < -0.3 is 10.5 Å². The van der Waals surface area contributed by atoms with Gasteiger partial charge in [-0.2, -0.15) is 0 Å². The largest absolute Gasteiger partial charge is 0.468 e. The Hall–Kier alpha value is -2.17. The van der Waals surface area contributed by atoms with Crippen LogP contribution in [0.3, 0.4) is 0 Å². The molecule has 2 unspecified atom stereocenters. The first-order valence-corrected chi connectivity index (χ1v) is 7.82. The van der Waals surface area contributed by atoms with Gasteiger partial charge in [0.1, 0.15) is 5.54 Å². The van der Waals surface area contributed by atoms with Gasteiger partial charge in [0.05, 0.1) is 7.11 Å². The standard InChI is InChI=1S/C19H22N2O2/c1-23-18(22)19(20)14-21(12-15-8-4-2-5-9-15)13-17(19)16-10-6-3-7-11-16/h2-11,17H,12-14,20H2,1H3. The van der Waals surface area contributed by atoms with E-state index in [1.165, 1.54) is 12.7 Å². The smallest absolute Gasteiger partial charge is 0.327 e. The van der Waals surface area contributed by atoms with Gasteiger partial charge in [0.25, 0.3) is 0 Å². The number of carbonyl (C=O) groups excluding carboxylic acids is 1. The van der Waals surface area contributed by atoms with Crippen molar-refractivity contribution in [3.8, 4) is 0 Å². The van der Waals surface area contributed by atoms with E-state index in [4.69, 9.17) is 10.5 Å². The van der Waals surface area contributed by atoms with Crippen molar-refractivity contribution in [2.45, 2.75) is 18.0 Å². The summed E-state index contributed by atoms with van der Waals surface area (Å²) in [7, 11) is 1.40. The minimum absolute atomic E-state index is 0.0696. The first kappa shape index (κ1) is 15.7. The van der Waals surface area contributed by atoms with Crippen LogP contribution < -0.4 is 5.73 Å². The fourth-order valence-corrected chi connectivity index (χ4v) is 3.41. The summed E-state index contributed by atoms with van der Waals surface area (Å²) in [6.45, 7) is 2.01. The second-order valence-electron chi connectivity index (χ2n) is 6.15. The Morgan fingerprint density at radius 1 is 1.17 bits per heavy atom. The SMILES string of the molecule is COC(=O)C1(N)CN(Cc2ccccc2)CC1c1ccccc1. The molecule has 0 bridgehead atoms. The Morgan fingerprint density at radius 2 is 1.78 bits per heavy atom. The van der Waals surface area contributed by atoms with Crippen molar-refractivity contribution in [1.29, 1.82) is 0 Å². The van der Waals surface area contributed by atoms with Crippen molar-refractivity contribution >= 4 is 5.97 Å². The number of esters is 1. The number of ether oxygens (including phenoxy) is 1. The van der Waals surface area contributed by atoms with Gasteiger partial charge in [-0.05, 0) is 11.1 Å². The summed E-state index contributed by atoms with van der Waals surface area (Å²) in [6.07, 6.45) is 0. The van der Waals surface area contributed by atoms with Gasteiger partial charge in [-0.3, -0.25) is 4.90 Å². The molecule has 4 heteroatoms. The Balaban J connectivity index is 1.86. The highest BCUT2D eigenvalue weighted by Crippen LogP contribution is 2.35. The molecule has 0 radical (unpaired) electrons. The minimum atomic E-state index is -1.01. The van der Waals surface area contributed by atoms with E-state index in [2.05, 4.69) is 17.0 Å². The van der Waals surface area contributed by atoms with Gasteiger partial charge in [-0.15, -0.1) is 0 Å². The Kier molecular flexibility index (Phi) is 4.46. The van der Waals surface area contributed by atoms with Crippen LogP contribution in [0, 0.1) is 0 Å². The molecule has 2 atom stereocenters. The number of carbonyl (C=O) groups is 1. The fraction of sp³-hybridized carbons (Fsp3) is 0.316. The van der Waals surface area contributed by atoms with Crippen LogP contribution in [-0.4, -0.2) is 36.6 Å². The van der Waals surface area contributed by atoms with Crippen LogP contribution in [0.25, 0.3) is 0 Å². The van der Waals surface area contributed by atoms with E-state index in [-0.39, 0.29) is 11.9 Å². The van der Waals surface area contributed by atoms with Crippen molar-refractivity contribution in [3.63, 3.8) is 0 Å². The first-order chi connectivity index (χ1) is 11.1. The van der Waals surface area contributed by atoms with E-state index in [0.29, 0.717) is 6.54 Å². The lowest BCUT2D eigenvalue weighted by atomic mass is 9.83. The number of rotatable bonds is 4. The summed E-state index contributed by atoms with van der Waals surface area (Å²) in [6, 6.07) is 20.2. The van der Waals surface area contributed by atoms with E-state index in [0.717, 1.165) is 18.7 Å². The van der Waals surface area contributed by atoms with Crippen LogP contribution >= 0.6 is 0 Å². The predicted octanol–water partition coefficient (Wildman–Crippen LogP) is 2.16. The second kappa shape index (κ2) is 6.52. The highest BCUT2D eigenvalue weighted by atomic mass is 16.5. The maximum Gasteiger partial charge on any atom is 0.327 e. The molecule has 0 spiro atoms. The minimum Gasteiger partial charge on any atom is -0.468 e. The van der Waals surface area contributed by atoms with Gasteiger partial charge in [0, 0.05) is 25.6 Å². The zero-order valence-corrected chi connectivity index (χ0v) is 13.3. The lowest BCUT2D eigenvalue weighted by molar-refractivity contribution is -0.147. The number of likely N-dealkylation sites (tertiary alicyclic amines) is 1. The molecule has 1 aliphatic rings. The zero-order valence-electron chi connectivity index (χ0n) is 13.3. The third-order valence-corrected chi connectivity index (χ3v) is 4.56. The van der Waals surface area contributed by atoms with E-state index >= 15 is 0 Å². The number of hydrogen-bond donors (Lipinski definition) is 1. The number of nitrogens with two attached hydrogens (primary N) is 1. The molecule has 4 nitrogen and oxygen atoms in total. The van der Waals surface area contributed by atoms with Crippen molar-refractivity contribution < 1.29 is 9.53 Å². The van der Waals surface area contributed by atoms with E-state index in [1.54, 1.807) is 0 Å². The van der Waals surface area contributed by atoms with Gasteiger partial charge in [-0.1, -0.05) is 60.7 Å². The lowest BCUT2D eigenvalue weighted by Gasteiger charge is -2.27. The Labute approximate surface area is 136 Å². The number of benzene rings is 2. The second-order valence-corrected chi connectivity index (χ2v) is 6.15. The van der Waals surface area contributed by atoms with Gasteiger partial charge in [0.2, 0.25) is 0 Å². The molecule has 0 aliphatic carbocycles.